The van der Waals surface area contributed by atoms with Crippen LogP contribution in [0.5, 0.6) is 0 Å². The lowest BCUT2D eigenvalue weighted by atomic mass is 9.62. The summed E-state index contributed by atoms with van der Waals surface area (Å²) < 4.78 is 6.27. The third-order valence-corrected chi connectivity index (χ3v) is 6.76. The third kappa shape index (κ3) is 3.85. The molecule has 1 aliphatic rings. The molecule has 0 saturated heterocycles. The fourth-order valence-corrected chi connectivity index (χ4v) is 3.26. The number of benzene rings is 1. The maximum absolute atomic E-state index is 6.27. The summed E-state index contributed by atoms with van der Waals surface area (Å²) in [5.41, 5.74) is 4.68. The summed E-state index contributed by atoms with van der Waals surface area (Å²) in [6, 6.07) is 6.99. The zero-order valence-electron chi connectivity index (χ0n) is 16.3. The predicted octanol–water partition coefficient (Wildman–Crippen LogP) is 4.46. The smallest absolute Gasteiger partial charge is 0.309 e. The highest BCUT2D eigenvalue weighted by molar-refractivity contribution is 7.19. The molecule has 0 N–H and O–H groups in total. The fourth-order valence-electron chi connectivity index (χ4n) is 3.18. The van der Waals surface area contributed by atoms with Crippen LogP contribution < -0.4 is 5.46 Å². The monoisotopic (exact) mass is 332 g/mol. The van der Waals surface area contributed by atoms with Gasteiger partial charge in [0.25, 0.3) is 0 Å². The zero-order chi connectivity index (χ0) is 17.7. The van der Waals surface area contributed by atoms with Crippen LogP contribution in [0, 0.1) is 0 Å². The average Bonchev–Trinajstić information content (AvgIpc) is 2.41. The summed E-state index contributed by atoms with van der Waals surface area (Å²) in [5, 5.41) is 0.0441. The van der Waals surface area contributed by atoms with Crippen molar-refractivity contribution in [2.24, 2.45) is 0 Å². The molecule has 0 radical (unpaired) electrons. The lowest BCUT2D eigenvalue weighted by Crippen LogP contribution is -2.45. The molecule has 1 unspecified atom stereocenters. The Morgan fingerprint density at radius 2 is 1.48 bits per heavy atom. The van der Waals surface area contributed by atoms with Crippen LogP contribution in [-0.2, 0) is 15.5 Å². The average molecular weight is 332 g/mol. The Labute approximate surface area is 146 Å². The molecule has 1 atom stereocenters. The van der Waals surface area contributed by atoms with E-state index in [1.54, 1.807) is 0 Å². The van der Waals surface area contributed by atoms with Crippen molar-refractivity contribution in [3.8, 4) is 0 Å². The first kappa shape index (κ1) is 19.0. The van der Waals surface area contributed by atoms with E-state index in [1.165, 1.54) is 29.4 Å². The normalized spacial score (nSPS) is 20.0. The minimum atomic E-state index is -0.178. The van der Waals surface area contributed by atoms with Gasteiger partial charge < -0.3 is 4.65 Å². The summed E-state index contributed by atoms with van der Waals surface area (Å²) in [6.45, 7) is 18.3. The Morgan fingerprint density at radius 1 is 0.957 bits per heavy atom. The molecule has 1 aliphatic carbocycles. The Morgan fingerprint density at radius 3 is 2.00 bits per heavy atom. The van der Waals surface area contributed by atoms with Crippen molar-refractivity contribution in [1.82, 2.24) is 0 Å². The number of rotatable bonds is 4. The summed E-state index contributed by atoms with van der Waals surface area (Å²) >= 11 is 0. The molecule has 0 amide bonds. The largest absolute Gasteiger partial charge is 0.429 e. The summed E-state index contributed by atoms with van der Waals surface area (Å²) in [4.78, 5) is 0. The highest BCUT2D eigenvalue weighted by Gasteiger charge is 2.37. The van der Waals surface area contributed by atoms with Gasteiger partial charge in [-0.2, -0.15) is 0 Å². The van der Waals surface area contributed by atoms with Crippen LogP contribution in [0.2, 0.25) is 0 Å². The third-order valence-electron chi connectivity index (χ3n) is 6.07. The van der Waals surface area contributed by atoms with Crippen LogP contribution in [0.4, 0.5) is 0 Å². The first-order valence-electron chi connectivity index (χ1n) is 8.83. The molecule has 0 saturated carbocycles. The standard InChI is InChI=1S/C20H34BOP/c1-17(2)11-12-18(3,4)16-13-14(9-10-15(16)17)21-22-19(5,6)20(7,8)23/h9-10,13,21H,11-12,23H2,1-8H3. The molecule has 1 aromatic carbocycles. The van der Waals surface area contributed by atoms with Gasteiger partial charge in [-0.05, 0) is 48.6 Å². The van der Waals surface area contributed by atoms with Crippen molar-refractivity contribution in [2.75, 3.05) is 0 Å². The molecular formula is C20H34BOP. The van der Waals surface area contributed by atoms with Gasteiger partial charge in [-0.1, -0.05) is 65.2 Å². The first-order valence-corrected chi connectivity index (χ1v) is 9.41. The summed E-state index contributed by atoms with van der Waals surface area (Å²) in [5.74, 6) is 0. The summed E-state index contributed by atoms with van der Waals surface area (Å²) in [7, 11) is 3.58. The van der Waals surface area contributed by atoms with E-state index in [-0.39, 0.29) is 21.6 Å². The molecule has 0 aliphatic heterocycles. The fraction of sp³-hybridized carbons (Fsp3) is 0.700. The molecule has 1 aromatic rings. The van der Waals surface area contributed by atoms with Gasteiger partial charge in [0.15, 0.2) is 0 Å². The zero-order valence-corrected chi connectivity index (χ0v) is 17.5. The highest BCUT2D eigenvalue weighted by atomic mass is 31.0. The van der Waals surface area contributed by atoms with Gasteiger partial charge >= 0.3 is 7.48 Å². The van der Waals surface area contributed by atoms with Crippen LogP contribution in [-0.4, -0.2) is 18.2 Å². The van der Waals surface area contributed by atoms with Gasteiger partial charge in [0.1, 0.15) is 0 Å². The second-order valence-electron chi connectivity index (χ2n) is 9.67. The van der Waals surface area contributed by atoms with E-state index in [1.807, 2.05) is 0 Å². The minimum Gasteiger partial charge on any atom is -0.429 e. The molecule has 23 heavy (non-hydrogen) atoms. The number of hydrogen-bond donors (Lipinski definition) is 0. The van der Waals surface area contributed by atoms with Crippen molar-refractivity contribution in [3.05, 3.63) is 29.3 Å². The molecule has 0 spiro atoms. The molecule has 0 heterocycles. The number of hydrogen-bond acceptors (Lipinski definition) is 1. The molecule has 3 heteroatoms. The Balaban J connectivity index is 2.28. The maximum Gasteiger partial charge on any atom is 0.309 e. The van der Waals surface area contributed by atoms with Crippen molar-refractivity contribution in [3.63, 3.8) is 0 Å². The summed E-state index contributed by atoms with van der Waals surface area (Å²) in [6.07, 6.45) is 2.51. The van der Waals surface area contributed by atoms with Crippen molar-refractivity contribution < 1.29 is 4.65 Å². The van der Waals surface area contributed by atoms with Gasteiger partial charge in [-0.3, -0.25) is 0 Å². The first-order chi connectivity index (χ1) is 10.3. The van der Waals surface area contributed by atoms with Gasteiger partial charge in [0.2, 0.25) is 0 Å². The second-order valence-corrected chi connectivity index (χ2v) is 11.1. The quantitative estimate of drug-likeness (QED) is 0.584. The molecule has 0 fully saturated rings. The van der Waals surface area contributed by atoms with Crippen LogP contribution in [0.25, 0.3) is 0 Å². The molecule has 0 bridgehead atoms. The molecular weight excluding hydrogens is 298 g/mol. The van der Waals surface area contributed by atoms with E-state index in [2.05, 4.69) is 82.8 Å². The number of fused-ring (bicyclic) bond motifs is 1. The predicted molar refractivity (Wildman–Crippen MR) is 107 cm³/mol. The lowest BCUT2D eigenvalue weighted by Gasteiger charge is -2.42. The van der Waals surface area contributed by atoms with Gasteiger partial charge in [0, 0.05) is 5.16 Å². The minimum absolute atomic E-state index is 0.0441. The van der Waals surface area contributed by atoms with Crippen LogP contribution in [0.1, 0.15) is 79.4 Å². The van der Waals surface area contributed by atoms with Gasteiger partial charge in [-0.25, -0.2) is 0 Å². The van der Waals surface area contributed by atoms with Crippen LogP contribution in [0.3, 0.4) is 0 Å². The Kier molecular flexibility index (Phi) is 4.86. The molecule has 128 valence electrons. The molecule has 0 aromatic heterocycles. The van der Waals surface area contributed by atoms with E-state index in [0.717, 1.165) is 0 Å². The van der Waals surface area contributed by atoms with Crippen molar-refractivity contribution >= 4 is 22.2 Å². The van der Waals surface area contributed by atoms with Crippen LogP contribution >= 0.6 is 9.24 Å². The van der Waals surface area contributed by atoms with E-state index in [9.17, 15) is 0 Å². The SMILES string of the molecule is CC1(C)CCC(C)(C)c2cc(BOC(C)(C)C(C)(C)P)ccc21. The van der Waals surface area contributed by atoms with E-state index < -0.39 is 0 Å². The van der Waals surface area contributed by atoms with Crippen LogP contribution in [0.15, 0.2) is 18.2 Å². The Bertz CT molecular complexity index is 582. The Hall–Kier alpha value is -0.325. The second kappa shape index (κ2) is 5.89. The van der Waals surface area contributed by atoms with Gasteiger partial charge in [0.05, 0.1) is 5.60 Å². The molecule has 1 nitrogen and oxygen atoms in total. The topological polar surface area (TPSA) is 9.23 Å². The van der Waals surface area contributed by atoms with Crippen molar-refractivity contribution in [2.45, 2.75) is 89.8 Å². The van der Waals surface area contributed by atoms with Gasteiger partial charge in [-0.15, -0.1) is 9.24 Å². The van der Waals surface area contributed by atoms with Crippen molar-refractivity contribution in [1.29, 1.82) is 0 Å². The van der Waals surface area contributed by atoms with E-state index in [0.29, 0.717) is 7.48 Å². The maximum atomic E-state index is 6.27. The molecule has 2 rings (SSSR count). The van der Waals surface area contributed by atoms with E-state index in [4.69, 9.17) is 4.65 Å². The van der Waals surface area contributed by atoms with E-state index >= 15 is 0 Å². The lowest BCUT2D eigenvalue weighted by molar-refractivity contribution is 0.0841. The highest BCUT2D eigenvalue weighted by Crippen LogP contribution is 2.45.